The van der Waals surface area contributed by atoms with Gasteiger partial charge in [-0.15, -0.1) is 0 Å². The van der Waals surface area contributed by atoms with Crippen LogP contribution in [-0.4, -0.2) is 38.9 Å². The summed E-state index contributed by atoms with van der Waals surface area (Å²) < 4.78 is 6.81. The normalized spacial score (nSPS) is 11.9. The second kappa shape index (κ2) is 8.55. The summed E-state index contributed by atoms with van der Waals surface area (Å²) in [6.07, 6.45) is 1.16. The van der Waals surface area contributed by atoms with Gasteiger partial charge in [0.05, 0.1) is 0 Å². The van der Waals surface area contributed by atoms with Crippen molar-refractivity contribution in [1.82, 2.24) is 0 Å². The van der Waals surface area contributed by atoms with Crippen molar-refractivity contribution in [2.75, 3.05) is 6.61 Å². The molecule has 32 heavy (non-hydrogen) atoms. The Labute approximate surface area is 202 Å². The summed E-state index contributed by atoms with van der Waals surface area (Å²) in [5.41, 5.74) is 0. The van der Waals surface area contributed by atoms with Gasteiger partial charge in [-0.25, -0.2) is 0 Å². The van der Waals surface area contributed by atoms with Crippen LogP contribution in [0.1, 0.15) is 6.42 Å². The van der Waals surface area contributed by atoms with Crippen LogP contribution in [0.3, 0.4) is 0 Å². The van der Waals surface area contributed by atoms with Crippen molar-refractivity contribution < 1.29 is 3.76 Å². The summed E-state index contributed by atoms with van der Waals surface area (Å²) in [5.74, 6) is 0. The van der Waals surface area contributed by atoms with E-state index in [4.69, 9.17) is 3.76 Å². The van der Waals surface area contributed by atoms with Gasteiger partial charge in [-0.05, 0) is 0 Å². The molecule has 0 spiro atoms. The van der Waals surface area contributed by atoms with Gasteiger partial charge in [0.15, 0.2) is 0 Å². The average molecular weight is 531 g/mol. The van der Waals surface area contributed by atoms with Crippen LogP contribution in [0, 0.1) is 0 Å². The van der Waals surface area contributed by atoms with Crippen molar-refractivity contribution in [3.63, 3.8) is 0 Å². The van der Waals surface area contributed by atoms with Crippen molar-refractivity contribution in [2.24, 2.45) is 0 Å². The standard InChI is InChI=1S/C29H21Ge2O/c30-32-12-4-11-31-29-8-3-7-21-15-22-9-10-23-16-24-13-19-5-1-2-6-20(19)14-25(24)17-26(23)27(22)18-28(21)29/h1-3,5-10,13-18H,4,11-12H2. The van der Waals surface area contributed by atoms with Gasteiger partial charge in [-0.1, -0.05) is 0 Å². The predicted octanol–water partition coefficient (Wildman–Crippen LogP) is 6.69. The van der Waals surface area contributed by atoms with Crippen LogP contribution < -0.4 is 4.40 Å². The number of benzene rings is 6. The van der Waals surface area contributed by atoms with Gasteiger partial charge >= 0.3 is 204 Å². The maximum atomic E-state index is 5.25. The quantitative estimate of drug-likeness (QED) is 0.104. The van der Waals surface area contributed by atoms with E-state index in [1.54, 1.807) is 21.2 Å². The first-order valence-corrected chi connectivity index (χ1v) is 14.4. The molecule has 0 N–H and O–H groups in total. The van der Waals surface area contributed by atoms with Crippen molar-refractivity contribution in [3.8, 4) is 0 Å². The summed E-state index contributed by atoms with van der Waals surface area (Å²) in [5, 5.41) is 14.6. The molecule has 3 heteroatoms. The fourth-order valence-corrected chi connectivity index (χ4v) is 7.64. The van der Waals surface area contributed by atoms with E-state index in [-0.39, 0.29) is 15.4 Å². The van der Waals surface area contributed by atoms with Gasteiger partial charge in [0.1, 0.15) is 0 Å². The number of hydrogen-bond acceptors (Lipinski definition) is 1. The Kier molecular flexibility index (Phi) is 5.42. The fraction of sp³-hybridized carbons (Fsp3) is 0.103. The van der Waals surface area contributed by atoms with E-state index in [1.165, 1.54) is 59.1 Å². The Morgan fingerprint density at radius 2 is 1.16 bits per heavy atom. The second-order valence-corrected chi connectivity index (χ2v) is 11.9. The molecule has 0 saturated carbocycles. The van der Waals surface area contributed by atoms with Crippen molar-refractivity contribution in [2.45, 2.75) is 11.7 Å². The van der Waals surface area contributed by atoms with Crippen LogP contribution in [-0.2, 0) is 3.76 Å². The molecular weight excluding hydrogens is 510 g/mol. The number of rotatable bonds is 5. The van der Waals surface area contributed by atoms with Crippen LogP contribution in [0.15, 0.2) is 91.0 Å². The Hall–Kier alpha value is -2.33. The zero-order chi connectivity index (χ0) is 21.5. The molecule has 5 radical (unpaired) electrons. The fourth-order valence-electron chi connectivity index (χ4n) is 4.80. The first-order chi connectivity index (χ1) is 15.8. The molecule has 0 amide bonds. The summed E-state index contributed by atoms with van der Waals surface area (Å²) in [4.78, 5) is 0. The van der Waals surface area contributed by atoms with Crippen LogP contribution >= 0.6 is 0 Å². The Balaban J connectivity index is 1.57. The summed E-state index contributed by atoms with van der Waals surface area (Å²) in [6.45, 7) is 0.865. The molecule has 0 heterocycles. The molecule has 0 aliphatic heterocycles. The van der Waals surface area contributed by atoms with Crippen LogP contribution in [0.2, 0.25) is 5.25 Å². The van der Waals surface area contributed by atoms with E-state index in [0.29, 0.717) is 0 Å². The van der Waals surface area contributed by atoms with E-state index < -0.39 is 0 Å². The van der Waals surface area contributed by atoms with Gasteiger partial charge in [0, 0.05) is 0 Å². The molecule has 6 rings (SSSR count). The van der Waals surface area contributed by atoms with Crippen molar-refractivity contribution in [1.29, 1.82) is 0 Å². The zero-order valence-corrected chi connectivity index (χ0v) is 21.9. The maximum absolute atomic E-state index is 5.25. The van der Waals surface area contributed by atoms with E-state index in [9.17, 15) is 0 Å². The Morgan fingerprint density at radius 3 is 1.91 bits per heavy atom. The minimum atomic E-state index is -0.169. The van der Waals surface area contributed by atoms with Crippen molar-refractivity contribution in [3.05, 3.63) is 91.0 Å². The molecule has 0 fully saturated rings. The summed E-state index contributed by atoms with van der Waals surface area (Å²) in [7, 11) is 0. The summed E-state index contributed by atoms with van der Waals surface area (Å²) >= 11 is 1.62. The minimum absolute atomic E-state index is 0.169. The van der Waals surface area contributed by atoms with Gasteiger partial charge < -0.3 is 0 Å². The molecular formula is C29H21Ge2O. The van der Waals surface area contributed by atoms with Crippen LogP contribution in [0.5, 0.6) is 0 Å². The molecule has 6 aromatic carbocycles. The van der Waals surface area contributed by atoms with E-state index in [2.05, 4.69) is 91.0 Å². The van der Waals surface area contributed by atoms with Crippen molar-refractivity contribution >= 4 is 90.5 Å². The van der Waals surface area contributed by atoms with E-state index >= 15 is 0 Å². The zero-order valence-electron chi connectivity index (χ0n) is 17.7. The molecule has 1 nitrogen and oxygen atoms in total. The first kappa shape index (κ1) is 20.3. The predicted molar refractivity (Wildman–Crippen MR) is 140 cm³/mol. The Bertz CT molecular complexity index is 1620. The molecule has 0 aromatic heterocycles. The summed E-state index contributed by atoms with van der Waals surface area (Å²) in [6, 6.07) is 34.2. The van der Waals surface area contributed by atoms with Gasteiger partial charge in [0.2, 0.25) is 0 Å². The first-order valence-electron chi connectivity index (χ1n) is 11.0. The Morgan fingerprint density at radius 1 is 0.562 bits per heavy atom. The molecule has 0 aliphatic carbocycles. The molecule has 0 aliphatic rings. The van der Waals surface area contributed by atoms with E-state index in [0.717, 1.165) is 13.0 Å². The third-order valence-electron chi connectivity index (χ3n) is 6.39. The SMILES string of the molecule is [Ge][O]CC[CH2][Ge][c]1cccc2cc3ccc4cc5cc6ccccc6cc5cc4c3cc12. The topological polar surface area (TPSA) is 9.23 Å². The molecule has 6 aromatic rings. The monoisotopic (exact) mass is 533 g/mol. The second-order valence-electron chi connectivity index (χ2n) is 8.41. The molecule has 0 atom stereocenters. The third-order valence-corrected chi connectivity index (χ3v) is 9.80. The number of hydrogen-bond donors (Lipinski definition) is 0. The number of fused-ring (bicyclic) bond motifs is 6. The average Bonchev–Trinajstić information content (AvgIpc) is 2.83. The third kappa shape index (κ3) is 3.63. The van der Waals surface area contributed by atoms with Crippen LogP contribution in [0.4, 0.5) is 0 Å². The molecule has 0 saturated heterocycles. The van der Waals surface area contributed by atoms with Crippen LogP contribution in [0.25, 0.3) is 53.9 Å². The molecule has 0 bridgehead atoms. The van der Waals surface area contributed by atoms with Gasteiger partial charge in [-0.2, -0.15) is 0 Å². The van der Waals surface area contributed by atoms with Gasteiger partial charge in [-0.3, -0.25) is 0 Å². The molecule has 151 valence electrons. The van der Waals surface area contributed by atoms with Gasteiger partial charge in [0.25, 0.3) is 0 Å². The van der Waals surface area contributed by atoms with E-state index in [1.807, 2.05) is 0 Å². The molecule has 0 unspecified atom stereocenters.